The summed E-state index contributed by atoms with van der Waals surface area (Å²) in [5, 5.41) is 0. The Morgan fingerprint density at radius 3 is 1.95 bits per heavy atom. The van der Waals surface area contributed by atoms with Crippen LogP contribution >= 0.6 is 0 Å². The minimum Gasteiger partial charge on any atom is -0.395 e. The van der Waals surface area contributed by atoms with E-state index in [1.54, 1.807) is 30.3 Å². The molecule has 2 rings (SSSR count). The maximum atomic E-state index is 13.4. The van der Waals surface area contributed by atoms with Crippen molar-refractivity contribution in [3.05, 3.63) is 64.7 Å². The molecule has 0 radical (unpaired) electrons. The largest absolute Gasteiger partial charge is 0.395 e. The van der Waals surface area contributed by atoms with Crippen molar-refractivity contribution in [2.75, 3.05) is 5.73 Å². The van der Waals surface area contributed by atoms with Crippen LogP contribution < -0.4 is 5.73 Å². The first-order chi connectivity index (χ1) is 9.02. The Morgan fingerprint density at radius 2 is 1.32 bits per heavy atom. The van der Waals surface area contributed by atoms with Gasteiger partial charge in [-0.2, -0.15) is 0 Å². The summed E-state index contributed by atoms with van der Waals surface area (Å²) < 4.78 is 52.5. The molecule has 0 saturated heterocycles. The summed E-state index contributed by atoms with van der Waals surface area (Å²) in [7, 11) is 0. The van der Waals surface area contributed by atoms with E-state index in [1.165, 1.54) is 0 Å². The molecule has 0 aliphatic carbocycles. The minimum atomic E-state index is -1.94. The van der Waals surface area contributed by atoms with Crippen LogP contribution in [0.25, 0.3) is 0 Å². The van der Waals surface area contributed by atoms with Gasteiger partial charge >= 0.3 is 0 Å². The van der Waals surface area contributed by atoms with Gasteiger partial charge in [0.05, 0.1) is 11.3 Å². The van der Waals surface area contributed by atoms with Crippen LogP contribution in [0.4, 0.5) is 23.2 Å². The van der Waals surface area contributed by atoms with Gasteiger partial charge < -0.3 is 5.73 Å². The Bertz CT molecular complexity index is 655. The van der Waals surface area contributed by atoms with Gasteiger partial charge in [-0.25, -0.2) is 17.6 Å². The van der Waals surface area contributed by atoms with Gasteiger partial charge in [-0.15, -0.1) is 0 Å². The van der Waals surface area contributed by atoms with Gasteiger partial charge in [0.15, 0.2) is 23.3 Å². The molecule has 0 bridgehead atoms. The van der Waals surface area contributed by atoms with E-state index >= 15 is 0 Å². The molecule has 0 heterocycles. The van der Waals surface area contributed by atoms with Crippen LogP contribution in [-0.4, -0.2) is 0 Å². The van der Waals surface area contributed by atoms with E-state index in [0.29, 0.717) is 5.56 Å². The molecule has 0 aromatic heterocycles. The van der Waals surface area contributed by atoms with Crippen LogP contribution in [0.5, 0.6) is 0 Å². The molecule has 19 heavy (non-hydrogen) atoms. The molecule has 2 aromatic carbocycles. The van der Waals surface area contributed by atoms with Gasteiger partial charge in [-0.3, -0.25) is 0 Å². The van der Waals surface area contributed by atoms with Gasteiger partial charge in [-0.1, -0.05) is 30.0 Å². The van der Waals surface area contributed by atoms with Crippen LogP contribution in [0.3, 0.4) is 0 Å². The van der Waals surface area contributed by atoms with Crippen molar-refractivity contribution >= 4 is 5.69 Å². The lowest BCUT2D eigenvalue weighted by Gasteiger charge is -2.04. The number of hydrogen-bond acceptors (Lipinski definition) is 1. The fourth-order valence-electron chi connectivity index (χ4n) is 1.43. The van der Waals surface area contributed by atoms with Crippen LogP contribution in [0.2, 0.25) is 0 Å². The second kappa shape index (κ2) is 5.02. The van der Waals surface area contributed by atoms with E-state index in [4.69, 9.17) is 5.73 Å². The topological polar surface area (TPSA) is 26.0 Å². The zero-order valence-electron chi connectivity index (χ0n) is 9.48. The molecule has 2 N–H and O–H groups in total. The van der Waals surface area contributed by atoms with Crippen LogP contribution in [0.1, 0.15) is 11.1 Å². The van der Waals surface area contributed by atoms with Crippen molar-refractivity contribution in [2.24, 2.45) is 0 Å². The number of benzene rings is 2. The predicted molar refractivity (Wildman–Crippen MR) is 63.1 cm³/mol. The lowest BCUT2D eigenvalue weighted by atomic mass is 10.1. The molecule has 0 unspecified atom stereocenters. The number of nitrogens with two attached hydrogens (primary N) is 1. The van der Waals surface area contributed by atoms with Crippen molar-refractivity contribution in [3.63, 3.8) is 0 Å². The Hall–Kier alpha value is -2.48. The van der Waals surface area contributed by atoms with Crippen molar-refractivity contribution in [3.8, 4) is 11.8 Å². The third kappa shape index (κ3) is 2.38. The Kier molecular flexibility index (Phi) is 3.43. The molecule has 0 aliphatic rings. The maximum absolute atomic E-state index is 13.4. The smallest absolute Gasteiger partial charge is 0.199 e. The average Bonchev–Trinajstić information content (AvgIpc) is 2.44. The molecule has 0 amide bonds. The molecule has 0 fully saturated rings. The van der Waals surface area contributed by atoms with Crippen molar-refractivity contribution in [1.82, 2.24) is 0 Å². The number of rotatable bonds is 0. The fourth-order valence-corrected chi connectivity index (χ4v) is 1.43. The highest BCUT2D eigenvalue weighted by atomic mass is 19.2. The Balaban J connectivity index is 2.57. The van der Waals surface area contributed by atoms with Gasteiger partial charge in [0.25, 0.3) is 0 Å². The van der Waals surface area contributed by atoms with Crippen molar-refractivity contribution in [2.45, 2.75) is 0 Å². The molecular weight excluding hydrogens is 258 g/mol. The Morgan fingerprint density at radius 1 is 0.737 bits per heavy atom. The van der Waals surface area contributed by atoms with Crippen LogP contribution in [0, 0.1) is 35.1 Å². The van der Waals surface area contributed by atoms with E-state index in [0.717, 1.165) is 0 Å². The van der Waals surface area contributed by atoms with E-state index in [9.17, 15) is 17.6 Å². The molecule has 0 atom stereocenters. The van der Waals surface area contributed by atoms with E-state index in [1.807, 2.05) is 0 Å². The molecule has 2 aromatic rings. The summed E-state index contributed by atoms with van der Waals surface area (Å²) in [6.45, 7) is 0. The lowest BCUT2D eigenvalue weighted by Crippen LogP contribution is -2.06. The second-order valence-corrected chi connectivity index (χ2v) is 3.66. The van der Waals surface area contributed by atoms with Gasteiger partial charge in [-0.05, 0) is 12.1 Å². The zero-order valence-corrected chi connectivity index (χ0v) is 9.48. The van der Waals surface area contributed by atoms with Crippen molar-refractivity contribution < 1.29 is 17.6 Å². The molecule has 1 nitrogen and oxygen atoms in total. The highest BCUT2D eigenvalue weighted by Crippen LogP contribution is 2.25. The quantitative estimate of drug-likeness (QED) is 0.256. The fraction of sp³-hybridized carbons (Fsp3) is 0. The molecular formula is C14H7F4N. The van der Waals surface area contributed by atoms with Crippen molar-refractivity contribution in [1.29, 1.82) is 0 Å². The normalized spacial score (nSPS) is 9.89. The predicted octanol–water partition coefficient (Wildman–Crippen LogP) is 3.23. The van der Waals surface area contributed by atoms with E-state index in [2.05, 4.69) is 11.8 Å². The average molecular weight is 265 g/mol. The maximum Gasteiger partial charge on any atom is 0.199 e. The highest BCUT2D eigenvalue weighted by Gasteiger charge is 2.22. The summed E-state index contributed by atoms with van der Waals surface area (Å²) in [5.41, 5.74) is 4.16. The minimum absolute atomic E-state index is 0.506. The Labute approximate surface area is 106 Å². The van der Waals surface area contributed by atoms with Gasteiger partial charge in [0.2, 0.25) is 0 Å². The first kappa shape index (κ1) is 13.0. The molecule has 5 heteroatoms. The SMILES string of the molecule is Nc1c(F)c(F)c(F)c(F)c1C#Cc1ccccc1. The summed E-state index contributed by atoms with van der Waals surface area (Å²) >= 11 is 0. The zero-order chi connectivity index (χ0) is 14.0. The highest BCUT2D eigenvalue weighted by molar-refractivity contribution is 5.59. The third-order valence-corrected chi connectivity index (χ3v) is 2.41. The summed E-state index contributed by atoms with van der Waals surface area (Å²) in [5.74, 6) is -2.41. The monoisotopic (exact) mass is 265 g/mol. The summed E-state index contributed by atoms with van der Waals surface area (Å²) in [6.07, 6.45) is 0. The molecule has 0 aliphatic heterocycles. The van der Waals surface area contributed by atoms with E-state index < -0.39 is 34.5 Å². The number of halogens is 4. The molecule has 0 spiro atoms. The summed E-state index contributed by atoms with van der Waals surface area (Å²) in [6, 6.07) is 8.37. The first-order valence-corrected chi connectivity index (χ1v) is 5.21. The number of anilines is 1. The standard InChI is InChI=1S/C14H7F4N/c15-10-9(7-6-8-4-2-1-3-5-8)14(19)13(18)12(17)11(10)16/h1-5H,19H2. The van der Waals surface area contributed by atoms with Gasteiger partial charge in [0, 0.05) is 5.56 Å². The third-order valence-electron chi connectivity index (χ3n) is 2.41. The van der Waals surface area contributed by atoms with E-state index in [-0.39, 0.29) is 0 Å². The van der Waals surface area contributed by atoms with Crippen LogP contribution in [-0.2, 0) is 0 Å². The second-order valence-electron chi connectivity index (χ2n) is 3.66. The number of nitrogen functional groups attached to an aromatic ring is 1. The molecule has 96 valence electrons. The van der Waals surface area contributed by atoms with Gasteiger partial charge in [0.1, 0.15) is 0 Å². The molecule has 0 saturated carbocycles. The van der Waals surface area contributed by atoms with Crippen LogP contribution in [0.15, 0.2) is 30.3 Å². The first-order valence-electron chi connectivity index (χ1n) is 5.21. The number of hydrogen-bond donors (Lipinski definition) is 1. The summed E-state index contributed by atoms with van der Waals surface area (Å²) in [4.78, 5) is 0. The lowest BCUT2D eigenvalue weighted by molar-refractivity contribution is 0.410.